The molecule has 1 aliphatic heterocycles. The molecular weight excluding hydrogens is 959 g/mol. The summed E-state index contributed by atoms with van der Waals surface area (Å²) in [5.74, 6) is -4.74. The lowest BCUT2D eigenvalue weighted by Gasteiger charge is -2.32. The number of Topliss-reactive ketones (excluding diaryl/α,β-unsaturated/α-hetero) is 3. The second-order valence-electron chi connectivity index (χ2n) is 18.3. The van der Waals surface area contributed by atoms with Crippen LogP contribution >= 0.6 is 23.5 Å². The number of thioether (sulfide) groups is 2. The van der Waals surface area contributed by atoms with Crippen molar-refractivity contribution in [1.29, 1.82) is 5.41 Å². The van der Waals surface area contributed by atoms with Crippen molar-refractivity contribution in [3.63, 3.8) is 0 Å². The van der Waals surface area contributed by atoms with E-state index in [2.05, 4.69) is 21.3 Å². The van der Waals surface area contributed by atoms with Gasteiger partial charge in [-0.05, 0) is 74.0 Å². The summed E-state index contributed by atoms with van der Waals surface area (Å²) in [7, 11) is 0. The lowest BCUT2D eigenvalue weighted by atomic mass is 9.85. The number of carboxylic acids is 3. The molecule has 21 nitrogen and oxygen atoms in total. The van der Waals surface area contributed by atoms with Crippen LogP contribution in [0.2, 0.25) is 0 Å². The van der Waals surface area contributed by atoms with Gasteiger partial charge in [0, 0.05) is 95.6 Å². The molecular formula is C48H75N9O12S2. The number of hydrogen-bond acceptors (Lipinski definition) is 16. The number of benzene rings is 1. The third-order valence-corrected chi connectivity index (χ3v) is 14.6. The number of hydrogen-bond donors (Lipinski definition) is 8. The molecule has 23 heteroatoms. The van der Waals surface area contributed by atoms with Gasteiger partial charge in [-0.1, -0.05) is 32.4 Å². The molecule has 0 aromatic heterocycles. The molecule has 1 aromatic rings. The Morgan fingerprint density at radius 1 is 0.789 bits per heavy atom. The van der Waals surface area contributed by atoms with E-state index in [1.807, 2.05) is 25.0 Å². The third-order valence-electron chi connectivity index (χ3n) is 12.7. The quantitative estimate of drug-likeness (QED) is 0.0324. The van der Waals surface area contributed by atoms with Gasteiger partial charge in [0.1, 0.15) is 5.78 Å². The van der Waals surface area contributed by atoms with Crippen molar-refractivity contribution in [3.05, 3.63) is 29.8 Å². The highest BCUT2D eigenvalue weighted by Gasteiger charge is 2.41. The smallest absolute Gasteiger partial charge is 0.319 e. The van der Waals surface area contributed by atoms with Crippen LogP contribution in [0.5, 0.6) is 0 Å². The normalized spacial score (nSPS) is 19.1. The SMILES string of the molecule is CC[C@H](C)[C@H](CC(=O)[C@H](CCSC)NC(=O)Nc1ccc(CNC(=O)CN2CCN(CC(=O)O)CCN(CC(=O)O)CCN(CC(=O)O)CC2)cc1)C(=O)NCCC1C(=O)CC(SCCCC(C)=N)C1=O. The molecule has 3 rings (SSSR count). The number of aliphatic carboxylic acids is 3. The summed E-state index contributed by atoms with van der Waals surface area (Å²) < 4.78 is 0. The van der Waals surface area contributed by atoms with Gasteiger partial charge in [0.25, 0.3) is 0 Å². The molecule has 1 saturated carbocycles. The summed E-state index contributed by atoms with van der Waals surface area (Å²) in [5.41, 5.74) is 1.72. The van der Waals surface area contributed by atoms with Crippen molar-refractivity contribution in [2.45, 2.75) is 83.6 Å². The molecule has 1 heterocycles. The van der Waals surface area contributed by atoms with Crippen LogP contribution in [0.4, 0.5) is 10.5 Å². The van der Waals surface area contributed by atoms with Crippen LogP contribution < -0.4 is 21.3 Å². The first-order valence-corrected chi connectivity index (χ1v) is 26.7. The lowest BCUT2D eigenvalue weighted by molar-refractivity contribution is -0.140. The predicted octanol–water partition coefficient (Wildman–Crippen LogP) is 2.23. The van der Waals surface area contributed by atoms with Gasteiger partial charge >= 0.3 is 23.9 Å². The Morgan fingerprint density at radius 3 is 1.82 bits per heavy atom. The second kappa shape index (κ2) is 32.2. The van der Waals surface area contributed by atoms with E-state index in [4.69, 9.17) is 5.41 Å². The van der Waals surface area contributed by atoms with Crippen LogP contribution in [0.15, 0.2) is 24.3 Å². The van der Waals surface area contributed by atoms with Gasteiger partial charge in [-0.2, -0.15) is 23.5 Å². The summed E-state index contributed by atoms with van der Waals surface area (Å²) in [4.78, 5) is 121. The topological polar surface area (TPSA) is 299 Å². The molecule has 71 heavy (non-hydrogen) atoms. The van der Waals surface area contributed by atoms with Crippen molar-refractivity contribution in [1.82, 2.24) is 35.6 Å². The Morgan fingerprint density at radius 2 is 1.32 bits per heavy atom. The fraction of sp³-hybridized carbons (Fsp3) is 0.667. The van der Waals surface area contributed by atoms with E-state index in [0.29, 0.717) is 55.3 Å². The predicted molar refractivity (Wildman–Crippen MR) is 273 cm³/mol. The molecule has 0 spiro atoms. The number of carbonyl (C=O) groups excluding carboxylic acids is 6. The zero-order valence-electron chi connectivity index (χ0n) is 41.6. The summed E-state index contributed by atoms with van der Waals surface area (Å²) in [6.07, 6.45) is 4.49. The zero-order chi connectivity index (χ0) is 52.5. The minimum Gasteiger partial charge on any atom is -0.480 e. The van der Waals surface area contributed by atoms with Crippen LogP contribution in [0.3, 0.4) is 0 Å². The van der Waals surface area contributed by atoms with Gasteiger partial charge in [-0.15, -0.1) is 0 Å². The van der Waals surface area contributed by atoms with Crippen molar-refractivity contribution >= 4 is 88.0 Å². The lowest BCUT2D eigenvalue weighted by Crippen LogP contribution is -2.49. The standard InChI is InChI=1S/C48H75N9O12S2/c1-5-32(2)37(47(68)50-14-12-36-39(58)26-41(46(36)67)71-23-6-7-33(3)49)25-40(59)38(13-24-70-4)53-48(69)52-35-10-8-34(9-11-35)27-51-42(60)28-54-15-17-55(29-43(61)62)19-21-57(31-45(65)66)22-20-56(18-16-54)30-44(63)64/h8-11,32,36-38,41,49H,5-7,12-31H2,1-4H3,(H,50,68)(H,51,60)(H,61,62)(H,63,64)(H,65,66)(H2,52,53,69)/t32-,36?,37-,38-,41?/m0/s1. The Labute approximate surface area is 425 Å². The Kier molecular flexibility index (Phi) is 27.4. The molecule has 2 unspecified atom stereocenters. The van der Waals surface area contributed by atoms with Gasteiger partial charge in [0.15, 0.2) is 11.6 Å². The number of ketones is 3. The summed E-state index contributed by atoms with van der Waals surface area (Å²) in [6.45, 7) is 7.10. The van der Waals surface area contributed by atoms with Crippen LogP contribution in [0.1, 0.15) is 71.3 Å². The summed E-state index contributed by atoms with van der Waals surface area (Å²) in [6, 6.07) is 5.24. The number of nitrogens with one attached hydrogen (secondary N) is 5. The van der Waals surface area contributed by atoms with E-state index in [9.17, 15) is 58.5 Å². The highest BCUT2D eigenvalue weighted by Crippen LogP contribution is 2.31. The first kappa shape index (κ1) is 60.4. The maximum absolute atomic E-state index is 13.8. The molecule has 396 valence electrons. The Hall–Kier alpha value is -4.94. The fourth-order valence-electron chi connectivity index (χ4n) is 8.31. The van der Waals surface area contributed by atoms with Crippen molar-refractivity contribution in [3.8, 4) is 0 Å². The number of rotatable bonds is 29. The largest absolute Gasteiger partial charge is 0.480 e. The monoisotopic (exact) mass is 1030 g/mol. The van der Waals surface area contributed by atoms with E-state index < -0.39 is 47.1 Å². The third kappa shape index (κ3) is 23.4. The van der Waals surface area contributed by atoms with Crippen LogP contribution in [0.25, 0.3) is 0 Å². The zero-order valence-corrected chi connectivity index (χ0v) is 43.2. The van der Waals surface area contributed by atoms with Crippen LogP contribution in [0, 0.1) is 23.2 Å². The number of amides is 4. The molecule has 8 N–H and O–H groups in total. The van der Waals surface area contributed by atoms with E-state index in [-0.39, 0.29) is 133 Å². The summed E-state index contributed by atoms with van der Waals surface area (Å²) >= 11 is 2.96. The van der Waals surface area contributed by atoms with Gasteiger partial charge in [0.2, 0.25) is 11.8 Å². The number of carbonyl (C=O) groups is 9. The molecule has 0 radical (unpaired) electrons. The summed E-state index contributed by atoms with van der Waals surface area (Å²) in [5, 5.41) is 46.9. The molecule has 2 aliphatic rings. The van der Waals surface area contributed by atoms with E-state index in [1.165, 1.54) is 23.5 Å². The van der Waals surface area contributed by atoms with E-state index in [1.54, 1.807) is 45.9 Å². The molecule has 4 amide bonds. The van der Waals surface area contributed by atoms with Crippen LogP contribution in [-0.4, -0.2) is 208 Å². The number of anilines is 1. The first-order valence-electron chi connectivity index (χ1n) is 24.3. The first-order chi connectivity index (χ1) is 33.8. The number of nitrogens with zero attached hydrogens (tertiary/aromatic N) is 4. The van der Waals surface area contributed by atoms with Gasteiger partial charge in [0.05, 0.1) is 43.4 Å². The Balaban J connectivity index is 1.55. The van der Waals surface area contributed by atoms with Crippen molar-refractivity contribution in [2.24, 2.45) is 17.8 Å². The van der Waals surface area contributed by atoms with E-state index >= 15 is 0 Å². The van der Waals surface area contributed by atoms with Crippen LogP contribution in [-0.2, 0) is 44.9 Å². The minimum atomic E-state index is -1.05. The highest BCUT2D eigenvalue weighted by atomic mass is 32.2. The molecule has 1 aromatic carbocycles. The Bertz CT molecular complexity index is 1950. The molecule has 1 saturated heterocycles. The number of urea groups is 1. The van der Waals surface area contributed by atoms with Crippen molar-refractivity contribution in [2.75, 3.05) is 108 Å². The average molecular weight is 1030 g/mol. The molecule has 1 aliphatic carbocycles. The van der Waals surface area contributed by atoms with Gasteiger partial charge in [-0.25, -0.2) is 4.79 Å². The van der Waals surface area contributed by atoms with Gasteiger partial charge in [-0.3, -0.25) is 58.0 Å². The fourth-order valence-corrected chi connectivity index (χ4v) is 9.99. The molecule has 2 fully saturated rings. The highest BCUT2D eigenvalue weighted by molar-refractivity contribution is 8.00. The maximum atomic E-state index is 13.8. The average Bonchev–Trinajstić information content (AvgIpc) is 3.58. The number of carboxylic acid groups (broad SMARTS) is 3. The van der Waals surface area contributed by atoms with E-state index in [0.717, 1.165) is 12.0 Å². The molecule has 0 bridgehead atoms. The molecule has 5 atom stereocenters. The maximum Gasteiger partial charge on any atom is 0.319 e. The van der Waals surface area contributed by atoms with Gasteiger partial charge < -0.3 is 42.0 Å². The van der Waals surface area contributed by atoms with Crippen molar-refractivity contribution < 1.29 is 58.5 Å². The minimum absolute atomic E-state index is 0.0505. The second-order valence-corrected chi connectivity index (χ2v) is 20.6.